The van der Waals surface area contributed by atoms with Gasteiger partial charge in [-0.2, -0.15) is 0 Å². The third-order valence-corrected chi connectivity index (χ3v) is 4.54. The molecule has 0 aromatic heterocycles. The molecule has 0 bridgehead atoms. The molecule has 1 atom stereocenters. The monoisotopic (exact) mass is 323 g/mol. The molecule has 0 fully saturated rings. The van der Waals surface area contributed by atoms with Crippen LogP contribution in [-0.4, -0.2) is 26.2 Å². The molecule has 0 amide bonds. The number of aliphatic hydroxyl groups excluding tert-OH is 1. The van der Waals surface area contributed by atoms with Crippen LogP contribution in [0.1, 0.15) is 11.1 Å². The fraction of sp³-hybridized carbons (Fsp3) is 0.250. The second kappa shape index (κ2) is 7.49. The lowest BCUT2D eigenvalue weighted by Crippen LogP contribution is -2.39. The average Bonchev–Trinajstić information content (AvgIpc) is 2.47. The van der Waals surface area contributed by atoms with Crippen LogP contribution in [0, 0.1) is 5.82 Å². The summed E-state index contributed by atoms with van der Waals surface area (Å²) in [6, 6.07) is 14.1. The van der Waals surface area contributed by atoms with Crippen molar-refractivity contribution in [2.75, 3.05) is 6.61 Å². The van der Waals surface area contributed by atoms with E-state index in [9.17, 15) is 17.9 Å². The molecule has 1 unspecified atom stereocenters. The Morgan fingerprint density at radius 1 is 1.05 bits per heavy atom. The summed E-state index contributed by atoms with van der Waals surface area (Å²) < 4.78 is 39.8. The first-order chi connectivity index (χ1) is 10.5. The summed E-state index contributed by atoms with van der Waals surface area (Å²) in [4.78, 5) is 0. The number of aliphatic hydroxyl groups is 1. The summed E-state index contributed by atoms with van der Waals surface area (Å²) >= 11 is 0. The normalized spacial score (nSPS) is 13.0. The molecule has 2 N–H and O–H groups in total. The van der Waals surface area contributed by atoms with E-state index in [1.807, 2.05) is 30.3 Å². The molecule has 0 aliphatic carbocycles. The molecule has 118 valence electrons. The zero-order valence-corrected chi connectivity index (χ0v) is 12.8. The number of nitrogens with one attached hydrogen (secondary N) is 1. The molecule has 2 aromatic carbocycles. The van der Waals surface area contributed by atoms with Gasteiger partial charge in [-0.25, -0.2) is 17.5 Å². The molecular weight excluding hydrogens is 305 g/mol. The van der Waals surface area contributed by atoms with Crippen LogP contribution in [0.4, 0.5) is 4.39 Å². The van der Waals surface area contributed by atoms with Crippen LogP contribution < -0.4 is 4.72 Å². The summed E-state index contributed by atoms with van der Waals surface area (Å²) in [5, 5.41) is 9.37. The van der Waals surface area contributed by atoms with Crippen molar-refractivity contribution in [1.82, 2.24) is 4.72 Å². The van der Waals surface area contributed by atoms with Gasteiger partial charge in [0.25, 0.3) is 0 Å². The third kappa shape index (κ3) is 5.22. The zero-order valence-electron chi connectivity index (χ0n) is 11.9. The predicted octanol–water partition coefficient (Wildman–Crippen LogP) is 1.85. The summed E-state index contributed by atoms with van der Waals surface area (Å²) in [6.45, 7) is -0.308. The number of benzene rings is 2. The highest BCUT2D eigenvalue weighted by molar-refractivity contribution is 7.88. The Labute approximate surface area is 129 Å². The highest BCUT2D eigenvalue weighted by atomic mass is 32.2. The molecule has 0 aliphatic heterocycles. The molecular formula is C16H18FNO3S. The Bertz CT molecular complexity index is 704. The van der Waals surface area contributed by atoms with Gasteiger partial charge in [-0.3, -0.25) is 0 Å². The Balaban J connectivity index is 2.02. The topological polar surface area (TPSA) is 66.4 Å². The van der Waals surface area contributed by atoms with Crippen molar-refractivity contribution in [2.24, 2.45) is 0 Å². The minimum Gasteiger partial charge on any atom is -0.395 e. The molecule has 4 nitrogen and oxygen atoms in total. The maximum Gasteiger partial charge on any atom is 0.216 e. The van der Waals surface area contributed by atoms with Crippen molar-refractivity contribution >= 4 is 10.0 Å². The van der Waals surface area contributed by atoms with Crippen molar-refractivity contribution in [1.29, 1.82) is 0 Å². The highest BCUT2D eigenvalue weighted by Gasteiger charge is 2.18. The number of sulfonamides is 1. The Kier molecular flexibility index (Phi) is 5.65. The van der Waals surface area contributed by atoms with Gasteiger partial charge in [0.15, 0.2) is 0 Å². The van der Waals surface area contributed by atoms with Crippen LogP contribution in [0.15, 0.2) is 54.6 Å². The van der Waals surface area contributed by atoms with Crippen LogP contribution in [0.5, 0.6) is 0 Å². The van der Waals surface area contributed by atoms with Gasteiger partial charge in [0, 0.05) is 6.04 Å². The standard InChI is InChI=1S/C16H18FNO3S/c17-15-8-4-7-14(9-15)12-22(20,21)18-16(11-19)10-13-5-2-1-3-6-13/h1-9,16,18-19H,10-12H2. The van der Waals surface area contributed by atoms with E-state index in [-0.39, 0.29) is 12.4 Å². The highest BCUT2D eigenvalue weighted by Crippen LogP contribution is 2.09. The lowest BCUT2D eigenvalue weighted by molar-refractivity contribution is 0.256. The first-order valence-corrected chi connectivity index (χ1v) is 8.53. The lowest BCUT2D eigenvalue weighted by atomic mass is 10.1. The minimum absolute atomic E-state index is 0.308. The Hall–Kier alpha value is -1.76. The van der Waals surface area contributed by atoms with Crippen molar-refractivity contribution in [2.45, 2.75) is 18.2 Å². The van der Waals surface area contributed by atoms with Gasteiger partial charge in [0.2, 0.25) is 10.0 Å². The molecule has 0 saturated heterocycles. The van der Waals surface area contributed by atoms with E-state index in [0.29, 0.717) is 12.0 Å². The molecule has 2 aromatic rings. The van der Waals surface area contributed by atoms with Crippen LogP contribution in [0.3, 0.4) is 0 Å². The largest absolute Gasteiger partial charge is 0.395 e. The molecule has 0 radical (unpaired) electrons. The van der Waals surface area contributed by atoms with Crippen molar-refractivity contribution in [3.05, 3.63) is 71.5 Å². The van der Waals surface area contributed by atoms with Gasteiger partial charge in [-0.1, -0.05) is 42.5 Å². The van der Waals surface area contributed by atoms with E-state index in [1.54, 1.807) is 6.07 Å². The molecule has 2 rings (SSSR count). The van der Waals surface area contributed by atoms with E-state index in [1.165, 1.54) is 18.2 Å². The lowest BCUT2D eigenvalue weighted by Gasteiger charge is -2.16. The van der Waals surface area contributed by atoms with Crippen molar-refractivity contribution in [3.8, 4) is 0 Å². The van der Waals surface area contributed by atoms with Gasteiger partial charge >= 0.3 is 0 Å². The van der Waals surface area contributed by atoms with E-state index >= 15 is 0 Å². The van der Waals surface area contributed by atoms with E-state index in [0.717, 1.165) is 5.56 Å². The van der Waals surface area contributed by atoms with Crippen LogP contribution in [-0.2, 0) is 22.2 Å². The summed E-state index contributed by atoms with van der Waals surface area (Å²) in [7, 11) is -3.66. The van der Waals surface area contributed by atoms with E-state index in [2.05, 4.69) is 4.72 Å². The third-order valence-electron chi connectivity index (χ3n) is 3.14. The SMILES string of the molecule is O=S(=O)(Cc1cccc(F)c1)NC(CO)Cc1ccccc1. The van der Waals surface area contributed by atoms with Gasteiger partial charge in [-0.05, 0) is 29.7 Å². The number of hydrogen-bond donors (Lipinski definition) is 2. The van der Waals surface area contributed by atoms with Crippen molar-refractivity contribution < 1.29 is 17.9 Å². The van der Waals surface area contributed by atoms with Crippen LogP contribution in [0.25, 0.3) is 0 Å². The van der Waals surface area contributed by atoms with Gasteiger partial charge in [0.1, 0.15) is 5.82 Å². The Morgan fingerprint density at radius 2 is 1.73 bits per heavy atom. The van der Waals surface area contributed by atoms with Crippen LogP contribution >= 0.6 is 0 Å². The first-order valence-electron chi connectivity index (χ1n) is 6.88. The first kappa shape index (κ1) is 16.6. The second-order valence-corrected chi connectivity index (χ2v) is 6.83. The smallest absolute Gasteiger partial charge is 0.216 e. The van der Waals surface area contributed by atoms with E-state index in [4.69, 9.17) is 0 Å². The summed E-state index contributed by atoms with van der Waals surface area (Å²) in [5.74, 6) is -0.800. The average molecular weight is 323 g/mol. The number of rotatable bonds is 7. The molecule has 0 heterocycles. The maximum atomic E-state index is 13.1. The van der Waals surface area contributed by atoms with Gasteiger partial charge in [-0.15, -0.1) is 0 Å². The number of hydrogen-bond acceptors (Lipinski definition) is 3. The number of halogens is 1. The van der Waals surface area contributed by atoms with Gasteiger partial charge < -0.3 is 5.11 Å². The fourth-order valence-corrected chi connectivity index (χ4v) is 3.55. The molecule has 6 heteroatoms. The summed E-state index contributed by atoms with van der Waals surface area (Å²) in [6.07, 6.45) is 0.389. The maximum absolute atomic E-state index is 13.1. The predicted molar refractivity (Wildman–Crippen MR) is 83.2 cm³/mol. The molecule has 0 saturated carbocycles. The zero-order chi connectivity index (χ0) is 16.0. The summed E-state index contributed by atoms with van der Waals surface area (Å²) in [5.41, 5.74) is 1.29. The molecule has 22 heavy (non-hydrogen) atoms. The fourth-order valence-electron chi connectivity index (χ4n) is 2.18. The Morgan fingerprint density at radius 3 is 2.36 bits per heavy atom. The van der Waals surface area contributed by atoms with Crippen molar-refractivity contribution in [3.63, 3.8) is 0 Å². The minimum atomic E-state index is -3.66. The van der Waals surface area contributed by atoms with Gasteiger partial charge in [0.05, 0.1) is 12.4 Å². The van der Waals surface area contributed by atoms with E-state index < -0.39 is 21.9 Å². The second-order valence-electron chi connectivity index (χ2n) is 5.08. The quantitative estimate of drug-likeness (QED) is 0.817. The molecule has 0 aliphatic rings. The van der Waals surface area contributed by atoms with Crippen LogP contribution in [0.2, 0.25) is 0 Å². The molecule has 0 spiro atoms.